The van der Waals surface area contributed by atoms with Gasteiger partial charge in [0.05, 0.1) is 0 Å². The van der Waals surface area contributed by atoms with Crippen LogP contribution in [0.2, 0.25) is 0 Å². The van der Waals surface area contributed by atoms with Gasteiger partial charge in [-0.25, -0.2) is 9.37 Å². The van der Waals surface area contributed by atoms with Crippen molar-refractivity contribution >= 4 is 0 Å². The molecule has 0 amide bonds. The van der Waals surface area contributed by atoms with Crippen LogP contribution in [0.1, 0.15) is 13.8 Å². The topological polar surface area (TPSA) is 28.7 Å². The lowest BCUT2D eigenvalue weighted by molar-refractivity contribution is 0.628. The van der Waals surface area contributed by atoms with Gasteiger partial charge in [0.1, 0.15) is 11.6 Å². The van der Waals surface area contributed by atoms with E-state index >= 15 is 0 Å². The van der Waals surface area contributed by atoms with E-state index in [4.69, 9.17) is 0 Å². The summed E-state index contributed by atoms with van der Waals surface area (Å²) in [5.41, 5.74) is 0.764. The van der Waals surface area contributed by atoms with Gasteiger partial charge in [-0.3, -0.25) is 0 Å². The normalized spacial score (nSPS) is 9.07. The molecular weight excluding hydrogens is 179 g/mol. The van der Waals surface area contributed by atoms with Crippen molar-refractivity contribution in [3.05, 3.63) is 42.5 Å². The lowest BCUT2D eigenvalue weighted by atomic mass is 10.2. The number of imidazole rings is 1. The first-order valence-electron chi connectivity index (χ1n) is 4.61. The van der Waals surface area contributed by atoms with E-state index in [0.717, 1.165) is 5.56 Å². The second kappa shape index (κ2) is 5.17. The summed E-state index contributed by atoms with van der Waals surface area (Å²) < 4.78 is 12.7. The van der Waals surface area contributed by atoms with Crippen molar-refractivity contribution in [1.29, 1.82) is 0 Å². The number of halogens is 1. The van der Waals surface area contributed by atoms with Crippen molar-refractivity contribution in [1.82, 2.24) is 9.97 Å². The minimum atomic E-state index is -0.246. The SMILES string of the molecule is CC.Fc1cccc(-c2ncc[nH]2)c1. The Morgan fingerprint density at radius 2 is 2.07 bits per heavy atom. The van der Waals surface area contributed by atoms with Gasteiger partial charge in [-0.15, -0.1) is 0 Å². The first-order chi connectivity index (χ1) is 6.86. The van der Waals surface area contributed by atoms with E-state index in [1.807, 2.05) is 19.9 Å². The Labute approximate surface area is 82.8 Å². The van der Waals surface area contributed by atoms with Gasteiger partial charge >= 0.3 is 0 Å². The Morgan fingerprint density at radius 3 is 2.64 bits per heavy atom. The van der Waals surface area contributed by atoms with Gasteiger partial charge in [0.25, 0.3) is 0 Å². The number of rotatable bonds is 1. The lowest BCUT2D eigenvalue weighted by Crippen LogP contribution is -1.80. The molecule has 1 heterocycles. The van der Waals surface area contributed by atoms with Gasteiger partial charge in [-0.1, -0.05) is 26.0 Å². The van der Waals surface area contributed by atoms with Crippen molar-refractivity contribution in [3.63, 3.8) is 0 Å². The maximum absolute atomic E-state index is 12.7. The average Bonchev–Trinajstić information content (AvgIpc) is 2.74. The van der Waals surface area contributed by atoms with Crippen LogP contribution in [0.4, 0.5) is 4.39 Å². The Morgan fingerprint density at radius 1 is 1.29 bits per heavy atom. The molecule has 74 valence electrons. The van der Waals surface area contributed by atoms with Crippen LogP contribution in [0.3, 0.4) is 0 Å². The van der Waals surface area contributed by atoms with Crippen molar-refractivity contribution < 1.29 is 4.39 Å². The summed E-state index contributed by atoms with van der Waals surface area (Å²) in [7, 11) is 0. The number of aromatic amines is 1. The Bertz CT molecular complexity index is 369. The molecular formula is C11H13FN2. The Kier molecular flexibility index (Phi) is 3.85. The number of benzene rings is 1. The van der Waals surface area contributed by atoms with Gasteiger partial charge in [-0.2, -0.15) is 0 Å². The van der Waals surface area contributed by atoms with E-state index in [9.17, 15) is 4.39 Å². The fourth-order valence-corrected chi connectivity index (χ4v) is 1.06. The molecule has 1 aromatic heterocycles. The highest BCUT2D eigenvalue weighted by molar-refractivity contribution is 5.54. The zero-order chi connectivity index (χ0) is 10.4. The molecule has 0 fully saturated rings. The molecule has 2 nitrogen and oxygen atoms in total. The van der Waals surface area contributed by atoms with Crippen molar-refractivity contribution in [3.8, 4) is 11.4 Å². The highest BCUT2D eigenvalue weighted by Crippen LogP contribution is 2.14. The molecule has 0 aliphatic heterocycles. The minimum Gasteiger partial charge on any atom is -0.345 e. The van der Waals surface area contributed by atoms with Crippen molar-refractivity contribution in [2.75, 3.05) is 0 Å². The molecule has 14 heavy (non-hydrogen) atoms. The predicted molar refractivity (Wildman–Crippen MR) is 55.3 cm³/mol. The molecule has 1 aromatic carbocycles. The van der Waals surface area contributed by atoms with Crippen LogP contribution in [0.15, 0.2) is 36.7 Å². The van der Waals surface area contributed by atoms with E-state index in [2.05, 4.69) is 9.97 Å². The fourth-order valence-electron chi connectivity index (χ4n) is 1.06. The maximum Gasteiger partial charge on any atom is 0.137 e. The summed E-state index contributed by atoms with van der Waals surface area (Å²) in [4.78, 5) is 6.91. The number of nitrogens with one attached hydrogen (secondary N) is 1. The molecule has 1 N–H and O–H groups in total. The van der Waals surface area contributed by atoms with Crippen molar-refractivity contribution in [2.24, 2.45) is 0 Å². The van der Waals surface area contributed by atoms with Gasteiger partial charge < -0.3 is 4.98 Å². The van der Waals surface area contributed by atoms with Crippen LogP contribution in [-0.4, -0.2) is 9.97 Å². The zero-order valence-corrected chi connectivity index (χ0v) is 8.29. The monoisotopic (exact) mass is 192 g/mol. The second-order valence-electron chi connectivity index (χ2n) is 2.45. The summed E-state index contributed by atoms with van der Waals surface area (Å²) in [6.07, 6.45) is 3.35. The Hall–Kier alpha value is -1.64. The molecule has 2 aromatic rings. The standard InChI is InChI=1S/C9H7FN2.C2H6/c10-8-3-1-2-7(6-8)9-11-4-5-12-9;1-2/h1-6H,(H,11,12);1-2H3. The molecule has 3 heteroatoms. The maximum atomic E-state index is 12.7. The summed E-state index contributed by atoms with van der Waals surface area (Å²) in [6, 6.07) is 6.32. The number of H-pyrrole nitrogens is 1. The molecule has 0 saturated carbocycles. The van der Waals surface area contributed by atoms with Crippen LogP contribution in [0.5, 0.6) is 0 Å². The fraction of sp³-hybridized carbons (Fsp3) is 0.182. The number of hydrogen-bond donors (Lipinski definition) is 1. The lowest BCUT2D eigenvalue weighted by Gasteiger charge is -1.94. The summed E-state index contributed by atoms with van der Waals surface area (Å²) in [5.74, 6) is 0.443. The average molecular weight is 192 g/mol. The first-order valence-corrected chi connectivity index (χ1v) is 4.61. The van der Waals surface area contributed by atoms with Crippen LogP contribution >= 0.6 is 0 Å². The smallest absolute Gasteiger partial charge is 0.137 e. The van der Waals surface area contributed by atoms with E-state index in [1.54, 1.807) is 18.5 Å². The van der Waals surface area contributed by atoms with Gasteiger partial charge in [0, 0.05) is 18.0 Å². The summed E-state index contributed by atoms with van der Waals surface area (Å²) >= 11 is 0. The van der Waals surface area contributed by atoms with E-state index in [-0.39, 0.29) is 5.82 Å². The second-order valence-corrected chi connectivity index (χ2v) is 2.45. The van der Waals surface area contributed by atoms with Gasteiger partial charge in [0.15, 0.2) is 0 Å². The summed E-state index contributed by atoms with van der Waals surface area (Å²) in [6.45, 7) is 4.00. The van der Waals surface area contributed by atoms with Gasteiger partial charge in [-0.05, 0) is 12.1 Å². The van der Waals surface area contributed by atoms with Crippen LogP contribution in [-0.2, 0) is 0 Å². The Balaban J connectivity index is 0.000000461. The molecule has 0 atom stereocenters. The van der Waals surface area contributed by atoms with E-state index < -0.39 is 0 Å². The molecule has 0 saturated heterocycles. The van der Waals surface area contributed by atoms with Crippen LogP contribution in [0.25, 0.3) is 11.4 Å². The molecule has 0 aliphatic rings. The van der Waals surface area contributed by atoms with Crippen LogP contribution in [0, 0.1) is 5.82 Å². The van der Waals surface area contributed by atoms with E-state index in [1.165, 1.54) is 12.1 Å². The molecule has 0 radical (unpaired) electrons. The number of hydrogen-bond acceptors (Lipinski definition) is 1. The predicted octanol–water partition coefficient (Wildman–Crippen LogP) is 3.24. The number of nitrogens with zero attached hydrogens (tertiary/aromatic N) is 1. The van der Waals surface area contributed by atoms with Crippen molar-refractivity contribution in [2.45, 2.75) is 13.8 Å². The zero-order valence-electron chi connectivity index (χ0n) is 8.29. The van der Waals surface area contributed by atoms with Crippen LogP contribution < -0.4 is 0 Å². The highest BCUT2D eigenvalue weighted by Gasteiger charge is 1.99. The quantitative estimate of drug-likeness (QED) is 0.738. The molecule has 0 bridgehead atoms. The third kappa shape index (κ3) is 2.42. The van der Waals surface area contributed by atoms with E-state index in [0.29, 0.717) is 5.82 Å². The molecule has 0 aliphatic carbocycles. The van der Waals surface area contributed by atoms with Gasteiger partial charge in [0.2, 0.25) is 0 Å². The first kappa shape index (κ1) is 10.4. The molecule has 2 rings (SSSR count). The summed E-state index contributed by atoms with van der Waals surface area (Å²) in [5, 5.41) is 0. The minimum absolute atomic E-state index is 0.246. The molecule has 0 unspecified atom stereocenters. The third-order valence-electron chi connectivity index (χ3n) is 1.60. The third-order valence-corrected chi connectivity index (χ3v) is 1.60. The highest BCUT2D eigenvalue weighted by atomic mass is 19.1. The molecule has 0 spiro atoms. The largest absolute Gasteiger partial charge is 0.345 e. The number of aromatic nitrogens is 2.